The average Bonchev–Trinajstić information content (AvgIpc) is 3.37. The third-order valence-corrected chi connectivity index (χ3v) is 10.8. The Morgan fingerprint density at radius 3 is 1.80 bits per heavy atom. The first-order valence-corrected chi connectivity index (χ1v) is 16.8. The smallest absolute Gasteiger partial charge is 0.480 e. The molecule has 2 aromatic carbocycles. The van der Waals surface area contributed by atoms with Crippen molar-refractivity contribution >= 4 is 41.7 Å². The molecule has 0 N–H and O–H groups in total. The van der Waals surface area contributed by atoms with Crippen LogP contribution in [0.3, 0.4) is 0 Å². The third kappa shape index (κ3) is 9.31. The predicted molar refractivity (Wildman–Crippen MR) is 143 cm³/mol. The number of nitrogens with zero attached hydrogens (tertiary/aromatic N) is 1. The lowest BCUT2D eigenvalue weighted by Gasteiger charge is -2.22. The zero-order valence-corrected chi connectivity index (χ0v) is 24.3. The summed E-state index contributed by atoms with van der Waals surface area (Å²) in [6.45, 7) is 6.03. The van der Waals surface area contributed by atoms with Crippen LogP contribution in [-0.4, -0.2) is 52.6 Å². The highest BCUT2D eigenvalue weighted by molar-refractivity contribution is 8.13. The maximum Gasteiger partial charge on any atom is 0.480 e. The van der Waals surface area contributed by atoms with Crippen LogP contribution in [0.15, 0.2) is 35.2 Å². The Labute approximate surface area is 233 Å². The standard InChI is InChI=1S/C22H31O2S.C2F6NO4S2/c1-3-5-13-23-19-11-9-18-10-12-21(24-14-6-4-2)22(20(18)17-19)25-15-7-8-16-25;3-1(4,5)14(10,11)9-15(12,13)2(6,7)8/h9-12,17H,3-8,13-16H2,1-2H3;/q+1;-1. The van der Waals surface area contributed by atoms with E-state index in [2.05, 4.69) is 44.2 Å². The molecule has 7 nitrogen and oxygen atoms in total. The zero-order chi connectivity index (χ0) is 30.2. The van der Waals surface area contributed by atoms with E-state index in [1.54, 1.807) is 0 Å². The minimum absolute atomic E-state index is 0.322. The highest BCUT2D eigenvalue weighted by Gasteiger charge is 2.47. The van der Waals surface area contributed by atoms with Gasteiger partial charge in [0, 0.05) is 16.3 Å². The molecule has 0 spiro atoms. The molecule has 3 rings (SSSR count). The molecule has 0 aromatic heterocycles. The normalized spacial score (nSPS) is 15.1. The number of unbranched alkanes of at least 4 members (excludes halogenated alkanes) is 2. The molecule has 2 aromatic rings. The minimum atomic E-state index is -6.72. The summed E-state index contributed by atoms with van der Waals surface area (Å²) >= 11 is 0. The van der Waals surface area contributed by atoms with Crippen molar-refractivity contribution in [2.75, 3.05) is 24.7 Å². The van der Waals surface area contributed by atoms with Crippen LogP contribution >= 0.6 is 0 Å². The minimum Gasteiger partial charge on any atom is -0.494 e. The van der Waals surface area contributed by atoms with Gasteiger partial charge in [0.1, 0.15) is 17.3 Å². The van der Waals surface area contributed by atoms with E-state index in [-0.39, 0.29) is 0 Å². The molecule has 0 amide bonds. The largest absolute Gasteiger partial charge is 0.494 e. The summed E-state index contributed by atoms with van der Waals surface area (Å²) in [5.41, 5.74) is -12.4. The number of halogens is 6. The summed E-state index contributed by atoms with van der Waals surface area (Å²) < 4.78 is 121. The van der Waals surface area contributed by atoms with Crippen molar-refractivity contribution < 1.29 is 52.7 Å². The van der Waals surface area contributed by atoms with E-state index >= 15 is 0 Å². The maximum absolute atomic E-state index is 11.4. The molecule has 228 valence electrons. The first-order chi connectivity index (χ1) is 18.5. The van der Waals surface area contributed by atoms with Gasteiger partial charge in [0.2, 0.25) is 4.90 Å². The highest BCUT2D eigenvalue weighted by atomic mass is 32.3. The Morgan fingerprint density at radius 1 is 0.800 bits per heavy atom. The summed E-state index contributed by atoms with van der Waals surface area (Å²) in [6, 6.07) is 11.0. The summed E-state index contributed by atoms with van der Waals surface area (Å²) in [6.07, 6.45) is 7.25. The number of hydrogen-bond acceptors (Lipinski definition) is 6. The molecule has 1 aliphatic heterocycles. The van der Waals surface area contributed by atoms with Crippen LogP contribution in [0, 0.1) is 0 Å². The predicted octanol–water partition coefficient (Wildman–Crippen LogP) is 7.03. The van der Waals surface area contributed by atoms with Crippen molar-refractivity contribution in [1.82, 2.24) is 0 Å². The van der Waals surface area contributed by atoms with Crippen molar-refractivity contribution in [2.24, 2.45) is 0 Å². The molecule has 40 heavy (non-hydrogen) atoms. The molecule has 0 unspecified atom stereocenters. The summed E-state index contributed by atoms with van der Waals surface area (Å²) in [5, 5.41) is 2.65. The van der Waals surface area contributed by atoms with E-state index in [1.165, 1.54) is 46.4 Å². The molecular weight excluding hydrogens is 608 g/mol. The zero-order valence-electron chi connectivity index (χ0n) is 21.8. The fourth-order valence-corrected chi connectivity index (χ4v) is 7.81. The Kier molecular flexibility index (Phi) is 12.3. The summed E-state index contributed by atoms with van der Waals surface area (Å²) in [7, 11) is -13.1. The molecule has 0 radical (unpaired) electrons. The van der Waals surface area contributed by atoms with E-state index in [1.807, 2.05) is 0 Å². The molecular formula is C24H31F6NO6S3. The van der Waals surface area contributed by atoms with Gasteiger partial charge in [-0.1, -0.05) is 38.8 Å². The van der Waals surface area contributed by atoms with Gasteiger partial charge in [0.25, 0.3) is 0 Å². The molecule has 1 saturated heterocycles. The van der Waals surface area contributed by atoms with Crippen molar-refractivity contribution in [2.45, 2.75) is 68.3 Å². The van der Waals surface area contributed by atoms with Gasteiger partial charge in [-0.15, -0.1) is 0 Å². The third-order valence-electron chi connectivity index (χ3n) is 5.53. The van der Waals surface area contributed by atoms with Gasteiger partial charge in [-0.2, -0.15) is 26.3 Å². The molecule has 1 heterocycles. The molecule has 0 atom stereocenters. The van der Waals surface area contributed by atoms with Crippen LogP contribution < -0.4 is 9.47 Å². The van der Waals surface area contributed by atoms with Gasteiger partial charge in [-0.05, 0) is 49.3 Å². The molecule has 1 aliphatic rings. The first kappa shape index (κ1) is 34.3. The molecule has 1 fully saturated rings. The lowest BCUT2D eigenvalue weighted by atomic mass is 10.1. The van der Waals surface area contributed by atoms with Crippen molar-refractivity contribution in [3.63, 3.8) is 0 Å². The topological polar surface area (TPSA) is 101 Å². The second kappa shape index (κ2) is 14.3. The fraction of sp³-hybridized carbons (Fsp3) is 0.583. The number of fused-ring (bicyclic) bond motifs is 1. The van der Waals surface area contributed by atoms with Gasteiger partial charge >= 0.3 is 11.0 Å². The van der Waals surface area contributed by atoms with Gasteiger partial charge in [0.15, 0.2) is 25.8 Å². The first-order valence-electron chi connectivity index (χ1n) is 12.4. The quantitative estimate of drug-likeness (QED) is 0.149. The molecule has 0 saturated carbocycles. The van der Waals surface area contributed by atoms with Gasteiger partial charge in [-0.3, -0.25) is 0 Å². The van der Waals surface area contributed by atoms with E-state index in [0.717, 1.165) is 48.1 Å². The maximum atomic E-state index is 11.4. The summed E-state index contributed by atoms with van der Waals surface area (Å²) in [5.74, 6) is 4.72. The Morgan fingerprint density at radius 2 is 1.30 bits per heavy atom. The van der Waals surface area contributed by atoms with Crippen LogP contribution in [0.4, 0.5) is 26.3 Å². The Hall–Kier alpha value is -1.91. The molecule has 0 aliphatic carbocycles. The van der Waals surface area contributed by atoms with E-state index < -0.39 is 31.1 Å². The second-order valence-electron chi connectivity index (χ2n) is 8.70. The van der Waals surface area contributed by atoms with Crippen LogP contribution in [-0.2, 0) is 30.9 Å². The van der Waals surface area contributed by atoms with Crippen molar-refractivity contribution in [1.29, 1.82) is 0 Å². The number of benzene rings is 2. The van der Waals surface area contributed by atoms with Crippen LogP contribution in [0.1, 0.15) is 52.4 Å². The van der Waals surface area contributed by atoms with Crippen LogP contribution in [0.25, 0.3) is 14.9 Å². The van der Waals surface area contributed by atoms with Gasteiger partial charge in [0.05, 0.1) is 13.2 Å². The van der Waals surface area contributed by atoms with E-state index in [9.17, 15) is 43.2 Å². The SMILES string of the molecule is CCCCOc1ccc2ccc(OCCCC)c([S+]3CCCC3)c2c1.O=S(=O)([N-]S(=O)(=O)C(F)(F)F)C(F)(F)F. The van der Waals surface area contributed by atoms with Gasteiger partial charge < -0.3 is 13.6 Å². The van der Waals surface area contributed by atoms with E-state index in [4.69, 9.17) is 9.47 Å². The number of alkyl halides is 6. The molecule has 0 bridgehead atoms. The average molecular weight is 640 g/mol. The fourth-order valence-electron chi connectivity index (χ4n) is 3.49. The molecule has 16 heteroatoms. The summed E-state index contributed by atoms with van der Waals surface area (Å²) in [4.78, 5) is 1.45. The monoisotopic (exact) mass is 639 g/mol. The lowest BCUT2D eigenvalue weighted by Crippen LogP contribution is -2.30. The number of sulfonamides is 2. The second-order valence-corrected chi connectivity index (χ2v) is 14.3. The van der Waals surface area contributed by atoms with Crippen molar-refractivity contribution in [3.8, 4) is 11.5 Å². The van der Waals surface area contributed by atoms with E-state index in [0.29, 0.717) is 10.9 Å². The number of rotatable bonds is 11. The lowest BCUT2D eigenvalue weighted by molar-refractivity contribution is -0.0444. The van der Waals surface area contributed by atoms with Crippen molar-refractivity contribution in [3.05, 3.63) is 34.5 Å². The Balaban J connectivity index is 0.000000323. The number of hydrogen-bond donors (Lipinski definition) is 0. The number of ether oxygens (including phenoxy) is 2. The van der Waals surface area contributed by atoms with Crippen LogP contribution in [0.5, 0.6) is 11.5 Å². The van der Waals surface area contributed by atoms with Crippen LogP contribution in [0.2, 0.25) is 0 Å². The highest BCUT2D eigenvalue weighted by Crippen LogP contribution is 2.39. The Bertz CT molecular complexity index is 1280. The van der Waals surface area contributed by atoms with Gasteiger partial charge in [-0.25, -0.2) is 16.8 Å².